The Hall–Kier alpha value is -3.01. The minimum Gasteiger partial charge on any atom is -0.451 e. The van der Waals surface area contributed by atoms with E-state index < -0.39 is 12.1 Å². The quantitative estimate of drug-likeness (QED) is 0.510. The van der Waals surface area contributed by atoms with Crippen LogP contribution in [0.5, 0.6) is 0 Å². The number of fused-ring (bicyclic) bond motifs is 2. The fourth-order valence-electron chi connectivity index (χ4n) is 3.71. The largest absolute Gasteiger partial charge is 0.451 e. The molecular weight excluding hydrogens is 338 g/mol. The molecule has 0 spiro atoms. The van der Waals surface area contributed by atoms with Crippen LogP contribution in [0.4, 0.5) is 0 Å². The van der Waals surface area contributed by atoms with Gasteiger partial charge in [-0.05, 0) is 62.4 Å². The van der Waals surface area contributed by atoms with Crippen LogP contribution < -0.4 is 0 Å². The molecule has 3 aromatic rings. The number of hydrogen-bond acceptors (Lipinski definition) is 4. The van der Waals surface area contributed by atoms with Crippen LogP contribution in [0.15, 0.2) is 48.5 Å². The summed E-state index contributed by atoms with van der Waals surface area (Å²) >= 11 is 0. The molecule has 1 heterocycles. The van der Waals surface area contributed by atoms with E-state index >= 15 is 0 Å². The SMILES string of the molecule is Cc1cc(C(=O)O[C@@H](C)C(=O)c2ccc3c(c2)CCC3)c2ccccc2n1. The Kier molecular flexibility index (Phi) is 4.48. The number of pyridine rings is 1. The lowest BCUT2D eigenvalue weighted by molar-refractivity contribution is 0.0320. The molecule has 2 aromatic carbocycles. The summed E-state index contributed by atoms with van der Waals surface area (Å²) in [6.45, 7) is 3.46. The van der Waals surface area contributed by atoms with E-state index in [2.05, 4.69) is 4.98 Å². The molecule has 1 atom stereocenters. The Bertz CT molecular complexity index is 1050. The van der Waals surface area contributed by atoms with Gasteiger partial charge in [0, 0.05) is 16.6 Å². The standard InChI is InChI=1S/C23H21NO3/c1-14-12-20(19-8-3-4-9-21(19)24-14)23(26)27-15(2)22(25)18-11-10-16-6-5-7-17(16)13-18/h3-4,8-13,15H,5-7H2,1-2H3/t15-/m0/s1. The summed E-state index contributed by atoms with van der Waals surface area (Å²) in [4.78, 5) is 29.9. The van der Waals surface area contributed by atoms with E-state index in [9.17, 15) is 9.59 Å². The minimum atomic E-state index is -0.843. The molecule has 1 aliphatic carbocycles. The second-order valence-electron chi connectivity index (χ2n) is 7.08. The molecule has 0 aliphatic heterocycles. The predicted octanol–water partition coefficient (Wildman–Crippen LogP) is 4.46. The molecule has 0 amide bonds. The third-order valence-corrected chi connectivity index (χ3v) is 5.10. The van der Waals surface area contributed by atoms with Crippen molar-refractivity contribution in [1.29, 1.82) is 0 Å². The van der Waals surface area contributed by atoms with Crippen molar-refractivity contribution in [3.63, 3.8) is 0 Å². The summed E-state index contributed by atoms with van der Waals surface area (Å²) in [5.41, 5.74) is 5.06. The highest BCUT2D eigenvalue weighted by Gasteiger charge is 2.23. The fourth-order valence-corrected chi connectivity index (χ4v) is 3.71. The maximum absolute atomic E-state index is 12.8. The molecule has 1 aliphatic rings. The molecule has 4 heteroatoms. The molecule has 0 radical (unpaired) electrons. The molecule has 0 fully saturated rings. The van der Waals surface area contributed by atoms with E-state index in [0.29, 0.717) is 11.1 Å². The summed E-state index contributed by atoms with van der Waals surface area (Å²) in [5.74, 6) is -0.674. The number of para-hydroxylation sites is 1. The molecule has 1 aromatic heterocycles. The normalized spacial score (nSPS) is 14.0. The van der Waals surface area contributed by atoms with Gasteiger partial charge in [-0.25, -0.2) is 4.79 Å². The van der Waals surface area contributed by atoms with Crippen molar-refractivity contribution >= 4 is 22.7 Å². The van der Waals surface area contributed by atoms with Gasteiger partial charge in [-0.2, -0.15) is 0 Å². The molecule has 136 valence electrons. The van der Waals surface area contributed by atoms with E-state index in [-0.39, 0.29) is 5.78 Å². The van der Waals surface area contributed by atoms with Crippen LogP contribution in [0.2, 0.25) is 0 Å². The van der Waals surface area contributed by atoms with Crippen LogP contribution in [-0.4, -0.2) is 22.8 Å². The second-order valence-corrected chi connectivity index (χ2v) is 7.08. The van der Waals surface area contributed by atoms with Crippen molar-refractivity contribution < 1.29 is 14.3 Å². The first-order valence-corrected chi connectivity index (χ1v) is 9.26. The zero-order chi connectivity index (χ0) is 19.0. The first kappa shape index (κ1) is 17.4. The van der Waals surface area contributed by atoms with Crippen LogP contribution in [0.25, 0.3) is 10.9 Å². The number of Topliss-reactive ketones (excluding diaryl/α,β-unsaturated/α-hetero) is 1. The van der Waals surface area contributed by atoms with E-state index in [0.717, 1.165) is 35.9 Å². The summed E-state index contributed by atoms with van der Waals surface area (Å²) in [5, 5.41) is 0.727. The monoisotopic (exact) mass is 359 g/mol. The first-order chi connectivity index (χ1) is 13.0. The molecule has 0 saturated carbocycles. The fraction of sp³-hybridized carbons (Fsp3) is 0.261. The molecule has 0 saturated heterocycles. The van der Waals surface area contributed by atoms with Gasteiger partial charge in [-0.15, -0.1) is 0 Å². The number of esters is 1. The van der Waals surface area contributed by atoms with Gasteiger partial charge in [0.1, 0.15) is 0 Å². The first-order valence-electron chi connectivity index (χ1n) is 9.26. The zero-order valence-electron chi connectivity index (χ0n) is 15.5. The number of carbonyl (C=O) groups is 2. The Labute approximate surface area is 158 Å². The average Bonchev–Trinajstić information content (AvgIpc) is 3.14. The van der Waals surface area contributed by atoms with Gasteiger partial charge in [0.05, 0.1) is 11.1 Å². The molecule has 0 N–H and O–H groups in total. The molecule has 4 nitrogen and oxygen atoms in total. The average molecular weight is 359 g/mol. The second kappa shape index (κ2) is 6.95. The predicted molar refractivity (Wildman–Crippen MR) is 104 cm³/mol. The lowest BCUT2D eigenvalue weighted by atomic mass is 10.0. The van der Waals surface area contributed by atoms with Crippen LogP contribution in [0, 0.1) is 6.92 Å². The molecule has 0 unspecified atom stereocenters. The number of aromatic nitrogens is 1. The van der Waals surface area contributed by atoms with Gasteiger partial charge in [-0.1, -0.05) is 30.3 Å². The number of ether oxygens (including phenoxy) is 1. The third-order valence-electron chi connectivity index (χ3n) is 5.10. The van der Waals surface area contributed by atoms with Crippen LogP contribution in [0.1, 0.15) is 50.9 Å². The Morgan fingerprint density at radius 2 is 1.81 bits per heavy atom. The highest BCUT2D eigenvalue weighted by atomic mass is 16.5. The highest BCUT2D eigenvalue weighted by Crippen LogP contribution is 2.24. The summed E-state index contributed by atoms with van der Waals surface area (Å²) in [6.07, 6.45) is 2.37. The van der Waals surface area contributed by atoms with Crippen molar-refractivity contribution in [3.05, 3.63) is 76.5 Å². The number of aryl methyl sites for hydroxylation is 3. The van der Waals surface area contributed by atoms with E-state index in [1.165, 1.54) is 11.1 Å². The van der Waals surface area contributed by atoms with Gasteiger partial charge in [0.2, 0.25) is 5.78 Å². The smallest absolute Gasteiger partial charge is 0.339 e. The highest BCUT2D eigenvalue weighted by molar-refractivity contribution is 6.06. The number of rotatable bonds is 4. The van der Waals surface area contributed by atoms with E-state index in [4.69, 9.17) is 4.74 Å². The maximum Gasteiger partial charge on any atom is 0.339 e. The minimum absolute atomic E-state index is 0.173. The van der Waals surface area contributed by atoms with E-state index in [1.807, 2.05) is 49.4 Å². The van der Waals surface area contributed by atoms with Crippen molar-refractivity contribution in [2.24, 2.45) is 0 Å². The van der Waals surface area contributed by atoms with Crippen LogP contribution >= 0.6 is 0 Å². The lowest BCUT2D eigenvalue weighted by Gasteiger charge is -2.14. The Morgan fingerprint density at radius 3 is 2.67 bits per heavy atom. The number of benzene rings is 2. The summed E-state index contributed by atoms with van der Waals surface area (Å²) < 4.78 is 5.52. The lowest BCUT2D eigenvalue weighted by Crippen LogP contribution is -2.24. The van der Waals surface area contributed by atoms with Crippen molar-refractivity contribution in [1.82, 2.24) is 4.98 Å². The van der Waals surface area contributed by atoms with Crippen molar-refractivity contribution in [2.75, 3.05) is 0 Å². The Morgan fingerprint density at radius 1 is 1.04 bits per heavy atom. The number of nitrogens with zero attached hydrogens (tertiary/aromatic N) is 1. The molecule has 0 bridgehead atoms. The van der Waals surface area contributed by atoms with Gasteiger partial charge in [-0.3, -0.25) is 9.78 Å². The Balaban J connectivity index is 1.57. The number of hydrogen-bond donors (Lipinski definition) is 0. The van der Waals surface area contributed by atoms with E-state index in [1.54, 1.807) is 13.0 Å². The number of carbonyl (C=O) groups excluding carboxylic acids is 2. The summed E-state index contributed by atoms with van der Waals surface area (Å²) in [7, 11) is 0. The molecule has 27 heavy (non-hydrogen) atoms. The molecule has 4 rings (SSSR count). The van der Waals surface area contributed by atoms with Crippen LogP contribution in [-0.2, 0) is 17.6 Å². The maximum atomic E-state index is 12.8. The van der Waals surface area contributed by atoms with Gasteiger partial charge in [0.25, 0.3) is 0 Å². The summed E-state index contributed by atoms with van der Waals surface area (Å²) in [6, 6.07) is 14.9. The van der Waals surface area contributed by atoms with Crippen molar-refractivity contribution in [3.8, 4) is 0 Å². The number of ketones is 1. The third kappa shape index (κ3) is 3.35. The van der Waals surface area contributed by atoms with Gasteiger partial charge < -0.3 is 4.74 Å². The van der Waals surface area contributed by atoms with Crippen LogP contribution in [0.3, 0.4) is 0 Å². The van der Waals surface area contributed by atoms with Crippen molar-refractivity contribution in [2.45, 2.75) is 39.2 Å². The van der Waals surface area contributed by atoms with Gasteiger partial charge >= 0.3 is 5.97 Å². The molecular formula is C23H21NO3. The topological polar surface area (TPSA) is 56.3 Å². The van der Waals surface area contributed by atoms with Gasteiger partial charge in [0.15, 0.2) is 6.10 Å². The zero-order valence-corrected chi connectivity index (χ0v) is 15.5.